The maximum absolute atomic E-state index is 8.31. The van der Waals surface area contributed by atoms with Gasteiger partial charge in [-0.3, -0.25) is 0 Å². The molecule has 0 aliphatic heterocycles. The molecular weight excluding hydrogens is 1930 g/mol. The summed E-state index contributed by atoms with van der Waals surface area (Å²) in [6.45, 7) is 0. The molecule has 406 valence electrons. The third-order valence-corrected chi connectivity index (χ3v) is 12.2. The number of hydrogen-bond acceptors (Lipinski definition) is 5. The maximum Gasteiger partial charge on any atom is 0.113 e. The zero-order valence-corrected chi connectivity index (χ0v) is 58.4. The van der Waals surface area contributed by atoms with Crippen molar-refractivity contribution >= 4 is 154 Å². The molecule has 0 saturated carbocycles. The van der Waals surface area contributed by atoms with Crippen LogP contribution in [0.3, 0.4) is 0 Å². The number of alkyl halides is 3. The zero-order valence-electron chi connectivity index (χ0n) is 42.8. The molecule has 5 heterocycles. The molecule has 0 unspecified atom stereocenters. The Bertz CT molecular complexity index is 4170. The van der Waals surface area contributed by atoms with E-state index in [2.05, 4.69) is 290 Å². The van der Waals surface area contributed by atoms with Crippen LogP contribution in [0.15, 0.2) is 242 Å². The molecule has 13 aromatic rings. The molecular formula is C64H45I5Ir2N10-2. The Hall–Kier alpha value is -5.38. The predicted octanol–water partition coefficient (Wildman–Crippen LogP) is 19.8. The summed E-state index contributed by atoms with van der Waals surface area (Å²) in [5.41, 5.74) is 23.0. The van der Waals surface area contributed by atoms with Crippen LogP contribution in [0.5, 0.6) is 0 Å². The van der Waals surface area contributed by atoms with Crippen LogP contribution < -0.4 is 0 Å². The van der Waals surface area contributed by atoms with Crippen LogP contribution in [-0.2, 0) is 40.2 Å². The van der Waals surface area contributed by atoms with Gasteiger partial charge in [-0.2, -0.15) is 0 Å². The number of pyridine rings is 2. The third-order valence-electron chi connectivity index (χ3n) is 12.2. The molecule has 5 aromatic heterocycles. The number of terminal acetylenes is 1. The van der Waals surface area contributed by atoms with Crippen LogP contribution in [0.2, 0.25) is 0 Å². The van der Waals surface area contributed by atoms with Crippen LogP contribution in [0.4, 0.5) is 5.69 Å². The van der Waals surface area contributed by atoms with Crippen molar-refractivity contribution in [2.24, 2.45) is 5.11 Å². The number of para-hydroxylation sites is 4. The fraction of sp³-hybridized carbons (Fsp3) is 0.0312. The van der Waals surface area contributed by atoms with Crippen LogP contribution in [0, 0.1) is 24.5 Å². The van der Waals surface area contributed by atoms with E-state index in [1.807, 2.05) is 83.9 Å². The van der Waals surface area contributed by atoms with Crippen molar-refractivity contribution in [3.05, 3.63) is 265 Å². The van der Waals surface area contributed by atoms with Gasteiger partial charge in [0.15, 0.2) is 0 Å². The van der Waals surface area contributed by atoms with Gasteiger partial charge in [-0.1, -0.05) is 187 Å². The van der Waals surface area contributed by atoms with Crippen LogP contribution in [0.1, 0.15) is 5.56 Å². The zero-order chi connectivity index (χ0) is 55.3. The number of nitrogens with zero attached hydrogens (tertiary/aromatic N) is 10. The molecule has 8 aromatic carbocycles. The Kier molecular flexibility index (Phi) is 26.9. The largest absolute Gasteiger partial charge is 0.309 e. The average Bonchev–Trinajstić information content (AvgIpc) is 4.31. The van der Waals surface area contributed by atoms with Crippen LogP contribution in [-0.4, -0.2) is 41.5 Å². The Morgan fingerprint density at radius 1 is 0.531 bits per heavy atom. The molecule has 0 N–H and O–H groups in total. The molecule has 10 nitrogen and oxygen atoms in total. The predicted molar refractivity (Wildman–Crippen MR) is 370 cm³/mol. The van der Waals surface area contributed by atoms with E-state index in [0.29, 0.717) is 5.69 Å². The smallest absolute Gasteiger partial charge is 0.113 e. The molecule has 17 heteroatoms. The van der Waals surface area contributed by atoms with E-state index >= 15 is 0 Å². The van der Waals surface area contributed by atoms with E-state index in [-0.39, 0.29) is 40.2 Å². The van der Waals surface area contributed by atoms with Crippen molar-refractivity contribution in [3.8, 4) is 63.2 Å². The van der Waals surface area contributed by atoms with Gasteiger partial charge in [0.2, 0.25) is 0 Å². The first-order valence-electron chi connectivity index (χ1n) is 24.2. The van der Waals surface area contributed by atoms with E-state index in [4.69, 9.17) is 12.0 Å². The first-order valence-corrected chi connectivity index (χ1v) is 35.7. The Morgan fingerprint density at radius 2 is 1.01 bits per heavy atom. The molecule has 13 rings (SSSR count). The summed E-state index contributed by atoms with van der Waals surface area (Å²) in [4.78, 5) is 13.3. The summed E-state index contributed by atoms with van der Waals surface area (Å²) in [6.07, 6.45) is 11.0. The standard InChI is InChI=1S/C31H20N5.C20H13N.C11H7N4.CH2I2.CH3I.I2.2Ir/c1-2-10-24(11-3-1)36-30-15-5-4-13-26(30)27-20-23(16-17-31(27)36)29-21-35(34-33-29)25-12-8-9-22(19-25)28-14-6-7-18-32-28;1-2-15-12-13-20-18(14-15)17-10-6-7-11-19(17)21(20)16-8-4-3-5-9-16;12-15-14-10-5-3-4-9(8-10)11-6-1-2-7-13-11;2-1-3;2*1-2;;/h1-8,10-21H;1,3-14H;1-3,5-8H;1H2;1H3;;;/q-1;;-1;;;;;. The van der Waals surface area contributed by atoms with Crippen molar-refractivity contribution in [2.45, 2.75) is 0 Å². The summed E-state index contributed by atoms with van der Waals surface area (Å²) in [5, 5.41) is 17.3. The second-order valence-electron chi connectivity index (χ2n) is 16.7. The van der Waals surface area contributed by atoms with Crippen LogP contribution >= 0.6 is 105 Å². The minimum atomic E-state index is 0. The van der Waals surface area contributed by atoms with Gasteiger partial charge >= 0.3 is 0 Å². The summed E-state index contributed by atoms with van der Waals surface area (Å²) in [7, 11) is 0. The quantitative estimate of drug-likeness (QED) is 0.0301. The first kappa shape index (κ1) is 64.8. The number of hydrogen-bond donors (Lipinski definition) is 0. The third kappa shape index (κ3) is 16.0. The van der Waals surface area contributed by atoms with Gasteiger partial charge in [0.05, 0.1) is 30.7 Å². The van der Waals surface area contributed by atoms with Gasteiger partial charge in [-0.15, -0.1) is 71.2 Å². The minimum Gasteiger partial charge on any atom is -0.309 e. The van der Waals surface area contributed by atoms with E-state index in [9.17, 15) is 0 Å². The van der Waals surface area contributed by atoms with Crippen molar-refractivity contribution in [2.75, 3.05) is 7.36 Å². The second kappa shape index (κ2) is 33.7. The van der Waals surface area contributed by atoms with E-state index in [0.717, 1.165) is 61.9 Å². The molecule has 0 atom stereocenters. The van der Waals surface area contributed by atoms with Crippen LogP contribution in [0.25, 0.3) is 105 Å². The molecule has 0 bridgehead atoms. The molecule has 0 spiro atoms. The molecule has 2 radical (unpaired) electrons. The Labute approximate surface area is 562 Å². The molecule has 0 aliphatic carbocycles. The molecule has 0 fully saturated rings. The number of benzene rings is 8. The van der Waals surface area contributed by atoms with E-state index < -0.39 is 0 Å². The van der Waals surface area contributed by atoms with Crippen molar-refractivity contribution < 1.29 is 40.2 Å². The second-order valence-corrected chi connectivity index (χ2v) is 21.1. The number of rotatable bonds is 7. The van der Waals surface area contributed by atoms with E-state index in [1.54, 1.807) is 35.3 Å². The van der Waals surface area contributed by atoms with Gasteiger partial charge in [0.1, 0.15) is 5.69 Å². The maximum atomic E-state index is 8.31. The molecule has 81 heavy (non-hydrogen) atoms. The fourth-order valence-electron chi connectivity index (χ4n) is 8.93. The van der Waals surface area contributed by atoms with Gasteiger partial charge in [-0.25, -0.2) is 4.68 Å². The molecule has 0 amide bonds. The topological polar surface area (TPSA) is 115 Å². The molecule has 0 aliphatic rings. The van der Waals surface area contributed by atoms with Crippen molar-refractivity contribution in [3.63, 3.8) is 0 Å². The Balaban J connectivity index is 0.000000200. The number of azide groups is 1. The molecule has 0 saturated heterocycles. The van der Waals surface area contributed by atoms with E-state index in [1.165, 1.54) is 40.5 Å². The number of aromatic nitrogens is 7. The number of halogens is 5. The van der Waals surface area contributed by atoms with Crippen molar-refractivity contribution in [1.82, 2.24) is 34.1 Å². The summed E-state index contributed by atoms with van der Waals surface area (Å²) in [6, 6.07) is 79.4. The van der Waals surface area contributed by atoms with Gasteiger partial charge in [0, 0.05) is 139 Å². The summed E-state index contributed by atoms with van der Waals surface area (Å²) >= 11 is 10.9. The summed E-state index contributed by atoms with van der Waals surface area (Å²) in [5.74, 6) is 2.72. The van der Waals surface area contributed by atoms with Gasteiger partial charge in [-0.05, 0) is 112 Å². The fourth-order valence-corrected chi connectivity index (χ4v) is 8.93. The van der Waals surface area contributed by atoms with Gasteiger partial charge < -0.3 is 19.1 Å². The first-order chi connectivity index (χ1) is 39.0. The number of fused-ring (bicyclic) bond motifs is 6. The SMILES string of the molecule is C#Cc1ccc2c(c1)c1ccccc1n2-c1ccccc1.CI.ICI.II.[Ir].[Ir].[N-]=[N+]=Nc1cc[c-]c(-c2ccccn2)c1.[c-]1ccc(-n2cc(-c3ccc4c(c3)c3ccccc3n4-c3ccccc3)nn2)cc1-c1ccccn1. The van der Waals surface area contributed by atoms with Gasteiger partial charge in [0.25, 0.3) is 0 Å². The average molecular weight is 1970 g/mol. The normalized spacial score (nSPS) is 9.94. The monoisotopic (exact) mass is 1970 g/mol. The Morgan fingerprint density at radius 3 is 1.54 bits per heavy atom. The minimum absolute atomic E-state index is 0. The summed E-state index contributed by atoms with van der Waals surface area (Å²) < 4.78 is 7.58. The van der Waals surface area contributed by atoms with Crippen molar-refractivity contribution in [1.29, 1.82) is 0 Å².